The minimum Gasteiger partial charge on any atom is -0.462 e. The molecule has 0 spiro atoms. The number of hydrogen-bond donors (Lipinski definition) is 0. The Morgan fingerprint density at radius 3 is 2.31 bits per heavy atom. The van der Waals surface area contributed by atoms with Crippen molar-refractivity contribution in [2.75, 3.05) is 33.3 Å². The van der Waals surface area contributed by atoms with Crippen LogP contribution in [0.1, 0.15) is 73.8 Å². The molecule has 2 rings (SSSR count). The number of unbranched alkanes of at least 4 members (excludes halogenated alkanes) is 1. The number of carbonyl (C=O) groups is 3. The van der Waals surface area contributed by atoms with Gasteiger partial charge in [-0.1, -0.05) is 13.3 Å². The van der Waals surface area contributed by atoms with E-state index in [0.29, 0.717) is 38.1 Å². The van der Waals surface area contributed by atoms with Crippen molar-refractivity contribution in [3.05, 3.63) is 28.6 Å². The lowest BCUT2D eigenvalue weighted by Crippen LogP contribution is -2.43. The number of rotatable bonds is 9. The molecule has 0 unspecified atom stereocenters. The van der Waals surface area contributed by atoms with Crippen LogP contribution in [-0.2, 0) is 20.9 Å². The van der Waals surface area contributed by atoms with Gasteiger partial charge in [0, 0.05) is 62.2 Å². The molecule has 1 aliphatic rings. The summed E-state index contributed by atoms with van der Waals surface area (Å²) in [7, 11) is 1.87. The Kier molecular flexibility index (Phi) is 9.54. The molecule has 0 radical (unpaired) electrons. The minimum atomic E-state index is -0.362. The van der Waals surface area contributed by atoms with E-state index in [1.165, 1.54) is 0 Å². The second-order valence-electron chi connectivity index (χ2n) is 8.47. The standard InChI is InChI=1S/C25H39N3O4/c1-7-10-15-26(6)24(30)20-13-16-27(17-14-20)22(29)12-11-21-18(4)28(8-2)19(5)23(21)25(31)32-9-3/h11-12,20H,7-10,13-17H2,1-6H3/b12-11+. The summed E-state index contributed by atoms with van der Waals surface area (Å²) in [5, 5.41) is 0. The van der Waals surface area contributed by atoms with Crippen LogP contribution in [-0.4, -0.2) is 65.4 Å². The fourth-order valence-electron chi connectivity index (χ4n) is 4.47. The van der Waals surface area contributed by atoms with Crippen molar-refractivity contribution in [2.45, 2.75) is 66.8 Å². The molecule has 7 nitrogen and oxygen atoms in total. The predicted molar refractivity (Wildman–Crippen MR) is 126 cm³/mol. The van der Waals surface area contributed by atoms with E-state index in [2.05, 4.69) is 11.5 Å². The molecule has 0 aliphatic carbocycles. The van der Waals surface area contributed by atoms with Crippen LogP contribution in [0.2, 0.25) is 0 Å². The number of carbonyl (C=O) groups excluding carboxylic acids is 3. The maximum absolute atomic E-state index is 12.8. The van der Waals surface area contributed by atoms with Gasteiger partial charge in [-0.15, -0.1) is 0 Å². The zero-order valence-electron chi connectivity index (χ0n) is 20.6. The molecule has 1 fully saturated rings. The first kappa shape index (κ1) is 25.7. The smallest absolute Gasteiger partial charge is 0.340 e. The summed E-state index contributed by atoms with van der Waals surface area (Å²) in [6.45, 7) is 12.8. The van der Waals surface area contributed by atoms with E-state index < -0.39 is 0 Å². The van der Waals surface area contributed by atoms with Crippen LogP contribution in [0.5, 0.6) is 0 Å². The maximum Gasteiger partial charge on any atom is 0.340 e. The number of likely N-dealkylation sites (tertiary alicyclic amines) is 1. The van der Waals surface area contributed by atoms with Gasteiger partial charge in [-0.05, 0) is 53.0 Å². The number of nitrogens with zero attached hydrogens (tertiary/aromatic N) is 3. The monoisotopic (exact) mass is 445 g/mol. The zero-order valence-corrected chi connectivity index (χ0v) is 20.6. The molecular formula is C25H39N3O4. The molecule has 32 heavy (non-hydrogen) atoms. The lowest BCUT2D eigenvalue weighted by atomic mass is 9.95. The third-order valence-corrected chi connectivity index (χ3v) is 6.40. The van der Waals surface area contributed by atoms with Gasteiger partial charge in [0.2, 0.25) is 11.8 Å². The van der Waals surface area contributed by atoms with Crippen molar-refractivity contribution in [2.24, 2.45) is 5.92 Å². The average molecular weight is 446 g/mol. The van der Waals surface area contributed by atoms with E-state index in [-0.39, 0.29) is 23.7 Å². The molecular weight excluding hydrogens is 406 g/mol. The summed E-state index contributed by atoms with van der Waals surface area (Å²) >= 11 is 0. The molecule has 0 aromatic carbocycles. The molecule has 178 valence electrons. The quantitative estimate of drug-likeness (QED) is 0.428. The number of piperidine rings is 1. The van der Waals surface area contributed by atoms with Crippen LogP contribution < -0.4 is 0 Å². The predicted octanol–water partition coefficient (Wildman–Crippen LogP) is 3.81. The topological polar surface area (TPSA) is 71.8 Å². The van der Waals surface area contributed by atoms with Gasteiger partial charge < -0.3 is 19.1 Å². The number of ether oxygens (including phenoxy) is 1. The van der Waals surface area contributed by atoms with Crippen molar-refractivity contribution in [3.63, 3.8) is 0 Å². The highest BCUT2D eigenvalue weighted by atomic mass is 16.5. The first-order valence-corrected chi connectivity index (χ1v) is 11.8. The summed E-state index contributed by atoms with van der Waals surface area (Å²) in [4.78, 5) is 41.6. The van der Waals surface area contributed by atoms with Gasteiger partial charge in [-0.2, -0.15) is 0 Å². The van der Waals surface area contributed by atoms with E-state index in [0.717, 1.165) is 42.9 Å². The Hall–Kier alpha value is -2.57. The Morgan fingerprint density at radius 1 is 1.09 bits per heavy atom. The first-order chi connectivity index (χ1) is 15.3. The molecule has 1 aliphatic heterocycles. The molecule has 1 saturated heterocycles. The molecule has 0 saturated carbocycles. The maximum atomic E-state index is 12.8. The molecule has 0 N–H and O–H groups in total. The van der Waals surface area contributed by atoms with E-state index in [1.54, 1.807) is 24.0 Å². The van der Waals surface area contributed by atoms with Crippen LogP contribution in [0, 0.1) is 19.8 Å². The highest BCUT2D eigenvalue weighted by Crippen LogP contribution is 2.25. The van der Waals surface area contributed by atoms with E-state index in [1.807, 2.05) is 32.7 Å². The van der Waals surface area contributed by atoms with Gasteiger partial charge in [-0.3, -0.25) is 9.59 Å². The van der Waals surface area contributed by atoms with Gasteiger partial charge in [-0.25, -0.2) is 4.79 Å². The molecule has 0 atom stereocenters. The minimum absolute atomic E-state index is 0.0104. The Bertz CT molecular complexity index is 848. The SMILES string of the molecule is CCCCN(C)C(=O)C1CCN(C(=O)/C=C/c2c(C(=O)OCC)c(C)n(CC)c2C)CC1. The van der Waals surface area contributed by atoms with Crippen molar-refractivity contribution in [3.8, 4) is 0 Å². The first-order valence-electron chi connectivity index (χ1n) is 11.8. The number of esters is 1. The van der Waals surface area contributed by atoms with Gasteiger partial charge in [0.05, 0.1) is 12.2 Å². The molecule has 1 aromatic rings. The van der Waals surface area contributed by atoms with Crippen LogP contribution >= 0.6 is 0 Å². The summed E-state index contributed by atoms with van der Waals surface area (Å²) in [5.74, 6) is -0.277. The van der Waals surface area contributed by atoms with Crippen LogP contribution in [0.25, 0.3) is 6.08 Å². The summed E-state index contributed by atoms with van der Waals surface area (Å²) in [6, 6.07) is 0. The normalized spacial score (nSPS) is 14.8. The Balaban J connectivity index is 2.07. The Labute approximate surface area is 192 Å². The van der Waals surface area contributed by atoms with Crippen LogP contribution in [0.4, 0.5) is 0 Å². The van der Waals surface area contributed by atoms with E-state index in [4.69, 9.17) is 4.74 Å². The van der Waals surface area contributed by atoms with E-state index in [9.17, 15) is 14.4 Å². The summed E-state index contributed by atoms with van der Waals surface area (Å²) < 4.78 is 7.30. The van der Waals surface area contributed by atoms with Gasteiger partial charge in [0.25, 0.3) is 0 Å². The fraction of sp³-hybridized carbons (Fsp3) is 0.640. The summed E-state index contributed by atoms with van der Waals surface area (Å²) in [5.41, 5.74) is 3.05. The molecule has 1 aromatic heterocycles. The van der Waals surface area contributed by atoms with Gasteiger partial charge in [0.15, 0.2) is 0 Å². The summed E-state index contributed by atoms with van der Waals surface area (Å²) in [6.07, 6.45) is 6.73. The van der Waals surface area contributed by atoms with Gasteiger partial charge in [0.1, 0.15) is 0 Å². The lowest BCUT2D eigenvalue weighted by molar-refractivity contribution is -0.138. The van der Waals surface area contributed by atoms with Crippen molar-refractivity contribution >= 4 is 23.9 Å². The molecule has 2 heterocycles. The second kappa shape index (κ2) is 11.9. The lowest BCUT2D eigenvalue weighted by Gasteiger charge is -2.32. The highest BCUT2D eigenvalue weighted by Gasteiger charge is 2.28. The Morgan fingerprint density at radius 2 is 1.75 bits per heavy atom. The molecule has 2 amide bonds. The van der Waals surface area contributed by atoms with E-state index >= 15 is 0 Å². The van der Waals surface area contributed by atoms with Crippen molar-refractivity contribution in [1.29, 1.82) is 0 Å². The number of amides is 2. The highest BCUT2D eigenvalue weighted by molar-refractivity contribution is 5.99. The molecule has 7 heteroatoms. The van der Waals surface area contributed by atoms with Crippen LogP contribution in [0.15, 0.2) is 6.08 Å². The fourth-order valence-corrected chi connectivity index (χ4v) is 4.47. The average Bonchev–Trinajstić information content (AvgIpc) is 3.04. The number of aromatic nitrogens is 1. The van der Waals surface area contributed by atoms with Gasteiger partial charge >= 0.3 is 5.97 Å². The van der Waals surface area contributed by atoms with Crippen LogP contribution in [0.3, 0.4) is 0 Å². The second-order valence-corrected chi connectivity index (χ2v) is 8.47. The van der Waals surface area contributed by atoms with Crippen molar-refractivity contribution in [1.82, 2.24) is 14.4 Å². The zero-order chi connectivity index (χ0) is 23.8. The molecule has 0 bridgehead atoms. The third kappa shape index (κ3) is 5.81. The largest absolute Gasteiger partial charge is 0.462 e. The third-order valence-electron chi connectivity index (χ3n) is 6.40. The number of hydrogen-bond acceptors (Lipinski definition) is 4. The van der Waals surface area contributed by atoms with Crippen molar-refractivity contribution < 1.29 is 19.1 Å².